The normalized spacial score (nSPS) is 22.3. The van der Waals surface area contributed by atoms with Crippen molar-refractivity contribution in [2.45, 2.75) is 30.7 Å². The van der Waals surface area contributed by atoms with Gasteiger partial charge in [-0.2, -0.15) is 0 Å². The van der Waals surface area contributed by atoms with Gasteiger partial charge < -0.3 is 49.3 Å². The molecule has 0 radical (unpaired) electrons. The second kappa shape index (κ2) is 11.9. The van der Waals surface area contributed by atoms with E-state index in [4.69, 9.17) is 18.6 Å². The highest BCUT2D eigenvalue weighted by atomic mass is 16.7. The van der Waals surface area contributed by atoms with E-state index in [-0.39, 0.29) is 34.0 Å². The fourth-order valence-corrected chi connectivity index (χ4v) is 4.43. The molecule has 1 aromatic heterocycles. The van der Waals surface area contributed by atoms with Crippen LogP contribution in [0.15, 0.2) is 82.0 Å². The van der Waals surface area contributed by atoms with Crippen molar-refractivity contribution in [2.75, 3.05) is 6.61 Å². The quantitative estimate of drug-likeness (QED) is 0.138. The molecule has 4 aromatic rings. The maximum absolute atomic E-state index is 12.7. The maximum Gasteiger partial charge on any atom is 0.331 e. The summed E-state index contributed by atoms with van der Waals surface area (Å²) in [6.07, 6.45) is -5.36. The van der Waals surface area contributed by atoms with Crippen LogP contribution in [0.2, 0.25) is 0 Å². The van der Waals surface area contributed by atoms with Crippen LogP contribution < -0.4 is 10.2 Å². The summed E-state index contributed by atoms with van der Waals surface area (Å²) < 4.78 is 22.3. The molecule has 5 rings (SSSR count). The molecular weight excluding hydrogens is 552 g/mol. The van der Waals surface area contributed by atoms with Crippen LogP contribution in [0.5, 0.6) is 23.0 Å². The Kier molecular flexibility index (Phi) is 8.13. The Morgan fingerprint density at radius 1 is 0.905 bits per heavy atom. The lowest BCUT2D eigenvalue weighted by Crippen LogP contribution is -2.61. The first-order valence-corrected chi connectivity index (χ1v) is 12.7. The molecule has 1 fully saturated rings. The number of aromatic hydroxyl groups is 3. The highest BCUT2D eigenvalue weighted by Gasteiger charge is 2.47. The molecule has 0 amide bonds. The van der Waals surface area contributed by atoms with Gasteiger partial charge in [0.2, 0.25) is 6.29 Å². The van der Waals surface area contributed by atoms with Gasteiger partial charge in [0, 0.05) is 29.8 Å². The number of hydrogen-bond acceptors (Lipinski definition) is 12. The molecular formula is C30H26O12. The molecule has 218 valence electrons. The van der Waals surface area contributed by atoms with Gasteiger partial charge in [-0.3, -0.25) is 4.79 Å². The van der Waals surface area contributed by atoms with Crippen molar-refractivity contribution in [3.63, 3.8) is 0 Å². The molecule has 6 N–H and O–H groups in total. The number of phenols is 3. The molecule has 5 atom stereocenters. The Labute approximate surface area is 237 Å². The van der Waals surface area contributed by atoms with Crippen LogP contribution in [0.1, 0.15) is 5.56 Å². The van der Waals surface area contributed by atoms with E-state index in [1.807, 2.05) is 0 Å². The average molecular weight is 579 g/mol. The van der Waals surface area contributed by atoms with E-state index in [2.05, 4.69) is 0 Å². The number of carbonyl (C=O) groups is 1. The Hall–Kier alpha value is -4.88. The lowest BCUT2D eigenvalue weighted by molar-refractivity contribution is -0.280. The van der Waals surface area contributed by atoms with Crippen LogP contribution in [0.3, 0.4) is 0 Å². The Morgan fingerprint density at radius 3 is 2.24 bits per heavy atom. The molecule has 1 saturated heterocycles. The molecule has 2 unspecified atom stereocenters. The standard InChI is InChI=1S/C30H26O12/c31-14-24-29(42-25(36)10-3-15-1-6-17(32)7-2-15)27(37)28(38)30(41-24)39-19-11-20(34)26-21(35)13-22(40-23(26)12-19)16-4-8-18(33)9-5-16/h1-13,24,27-34,37-38H,14H2/b10-3-/t24?,27-,28?,29-,30-/m1/s1. The van der Waals surface area contributed by atoms with Gasteiger partial charge in [0.1, 0.15) is 58.0 Å². The van der Waals surface area contributed by atoms with Crippen molar-refractivity contribution in [1.82, 2.24) is 0 Å². The van der Waals surface area contributed by atoms with Gasteiger partial charge in [-0.1, -0.05) is 12.1 Å². The Bertz CT molecular complexity index is 1660. The van der Waals surface area contributed by atoms with Crippen molar-refractivity contribution < 1.29 is 54.1 Å². The SMILES string of the molecule is O=C(/C=C\c1ccc(O)cc1)O[C@@H]1C(CO)O[C@@H](Oc2cc(O)c3c(=O)cc(-c4ccc(O)cc4)oc3c2)C(O)[C@H]1O. The molecule has 12 heteroatoms. The van der Waals surface area contributed by atoms with Gasteiger partial charge in [-0.15, -0.1) is 0 Å². The first-order chi connectivity index (χ1) is 20.1. The topological polar surface area (TPSA) is 196 Å². The van der Waals surface area contributed by atoms with Crippen LogP contribution in [0.25, 0.3) is 28.4 Å². The first-order valence-electron chi connectivity index (χ1n) is 12.7. The number of fused-ring (bicyclic) bond motifs is 1. The molecule has 2 heterocycles. The summed E-state index contributed by atoms with van der Waals surface area (Å²) in [5.74, 6) is -1.25. The second-order valence-electron chi connectivity index (χ2n) is 9.49. The predicted octanol–water partition coefficient (Wildman–Crippen LogP) is 2.02. The zero-order chi connectivity index (χ0) is 30.0. The van der Waals surface area contributed by atoms with Gasteiger partial charge in [-0.05, 0) is 48.0 Å². The van der Waals surface area contributed by atoms with Crippen LogP contribution >= 0.6 is 0 Å². The van der Waals surface area contributed by atoms with Crippen molar-refractivity contribution in [3.8, 4) is 34.3 Å². The molecule has 0 spiro atoms. The lowest BCUT2D eigenvalue weighted by atomic mass is 9.99. The number of aliphatic hydroxyl groups excluding tert-OH is 3. The fraction of sp³-hybridized carbons (Fsp3) is 0.200. The van der Waals surface area contributed by atoms with E-state index >= 15 is 0 Å². The summed E-state index contributed by atoms with van der Waals surface area (Å²) in [6.45, 7) is -0.711. The van der Waals surface area contributed by atoms with Gasteiger partial charge in [0.25, 0.3) is 0 Å². The third kappa shape index (κ3) is 6.06. The molecule has 0 bridgehead atoms. The maximum atomic E-state index is 12.7. The predicted molar refractivity (Wildman–Crippen MR) is 147 cm³/mol. The van der Waals surface area contributed by atoms with Gasteiger partial charge in [0.15, 0.2) is 11.5 Å². The summed E-state index contributed by atoms with van der Waals surface area (Å²) >= 11 is 0. The number of hydrogen-bond donors (Lipinski definition) is 6. The lowest BCUT2D eigenvalue weighted by Gasteiger charge is -2.41. The molecule has 42 heavy (non-hydrogen) atoms. The Balaban J connectivity index is 1.33. The number of carbonyl (C=O) groups excluding carboxylic acids is 1. The highest BCUT2D eigenvalue weighted by molar-refractivity contribution is 5.87. The van der Waals surface area contributed by atoms with Gasteiger partial charge in [-0.25, -0.2) is 4.79 Å². The minimum absolute atomic E-state index is 0.0205. The highest BCUT2D eigenvalue weighted by Crippen LogP contribution is 2.33. The third-order valence-corrected chi connectivity index (χ3v) is 6.57. The summed E-state index contributed by atoms with van der Waals surface area (Å²) in [5, 5.41) is 60.6. The van der Waals surface area contributed by atoms with Crippen LogP contribution in [0.4, 0.5) is 0 Å². The van der Waals surface area contributed by atoms with E-state index < -0.39 is 54.5 Å². The summed E-state index contributed by atoms with van der Waals surface area (Å²) in [4.78, 5) is 25.1. The first kappa shape index (κ1) is 28.6. The monoisotopic (exact) mass is 578 g/mol. The minimum Gasteiger partial charge on any atom is -0.508 e. The fourth-order valence-electron chi connectivity index (χ4n) is 4.43. The van der Waals surface area contributed by atoms with Crippen LogP contribution in [-0.4, -0.2) is 73.9 Å². The zero-order valence-electron chi connectivity index (χ0n) is 21.7. The molecule has 12 nitrogen and oxygen atoms in total. The van der Waals surface area contributed by atoms with Crippen molar-refractivity contribution in [2.24, 2.45) is 0 Å². The van der Waals surface area contributed by atoms with Crippen molar-refractivity contribution >= 4 is 23.0 Å². The van der Waals surface area contributed by atoms with E-state index in [0.29, 0.717) is 11.1 Å². The number of rotatable bonds is 7. The minimum atomic E-state index is -1.76. The van der Waals surface area contributed by atoms with Gasteiger partial charge >= 0.3 is 5.97 Å². The van der Waals surface area contributed by atoms with Crippen LogP contribution in [-0.2, 0) is 14.3 Å². The van der Waals surface area contributed by atoms with E-state index in [1.54, 1.807) is 12.1 Å². The Morgan fingerprint density at radius 2 is 1.57 bits per heavy atom. The molecule has 0 aliphatic carbocycles. The number of ether oxygens (including phenoxy) is 3. The average Bonchev–Trinajstić information content (AvgIpc) is 2.96. The second-order valence-corrected chi connectivity index (χ2v) is 9.49. The summed E-state index contributed by atoms with van der Waals surface area (Å²) in [7, 11) is 0. The number of phenolic OH excluding ortho intramolecular Hbond substituents is 3. The smallest absolute Gasteiger partial charge is 0.331 e. The van der Waals surface area contributed by atoms with E-state index in [0.717, 1.165) is 12.1 Å². The van der Waals surface area contributed by atoms with E-state index in [9.17, 15) is 40.2 Å². The zero-order valence-corrected chi connectivity index (χ0v) is 21.7. The number of aliphatic hydroxyl groups is 3. The molecule has 3 aromatic carbocycles. The molecule has 1 aliphatic heterocycles. The summed E-state index contributed by atoms with van der Waals surface area (Å²) in [6, 6.07) is 15.4. The largest absolute Gasteiger partial charge is 0.508 e. The van der Waals surface area contributed by atoms with Crippen molar-refractivity contribution in [1.29, 1.82) is 0 Å². The van der Waals surface area contributed by atoms with Crippen LogP contribution in [0, 0.1) is 0 Å². The molecule has 0 saturated carbocycles. The summed E-state index contributed by atoms with van der Waals surface area (Å²) in [5.41, 5.74) is 0.465. The third-order valence-electron chi connectivity index (χ3n) is 6.57. The molecule has 1 aliphatic rings. The van der Waals surface area contributed by atoms with E-state index in [1.165, 1.54) is 54.6 Å². The number of esters is 1. The van der Waals surface area contributed by atoms with Gasteiger partial charge in [0.05, 0.1) is 6.61 Å². The number of benzene rings is 3. The van der Waals surface area contributed by atoms with Crippen molar-refractivity contribution in [3.05, 3.63) is 88.6 Å².